The highest BCUT2D eigenvalue weighted by atomic mass is 32.2. The van der Waals surface area contributed by atoms with E-state index in [4.69, 9.17) is 4.74 Å². The lowest BCUT2D eigenvalue weighted by atomic mass is 10.2. The molecule has 0 aromatic heterocycles. The van der Waals surface area contributed by atoms with Crippen LogP contribution in [-0.4, -0.2) is 37.3 Å². The molecule has 1 heterocycles. The molecule has 150 valence electrons. The highest BCUT2D eigenvalue weighted by molar-refractivity contribution is 7.89. The average molecular weight is 403 g/mol. The van der Waals surface area contributed by atoms with Crippen molar-refractivity contribution in [3.05, 3.63) is 54.1 Å². The molecule has 3 rings (SSSR count). The molecule has 2 aromatic carbocycles. The first-order valence-corrected chi connectivity index (χ1v) is 10.8. The van der Waals surface area contributed by atoms with Gasteiger partial charge >= 0.3 is 0 Å². The third-order valence-electron chi connectivity index (χ3n) is 4.73. The van der Waals surface area contributed by atoms with E-state index in [2.05, 4.69) is 0 Å². The standard InChI is InChI=1S/C21H26N2O4S/c1-15(2)23(14-18-8-6-5-7-9-18)28(25,26)19-10-11-20-21(12-19)27-16(3)13-22(20)17(4)24/h5-12,15-16H,13-14H2,1-4H3. The Labute approximate surface area is 166 Å². The molecule has 0 saturated heterocycles. The van der Waals surface area contributed by atoms with Gasteiger partial charge < -0.3 is 9.64 Å². The van der Waals surface area contributed by atoms with Crippen molar-refractivity contribution in [3.8, 4) is 5.75 Å². The molecule has 7 heteroatoms. The van der Waals surface area contributed by atoms with Crippen LogP contribution < -0.4 is 9.64 Å². The van der Waals surface area contributed by atoms with Crippen molar-refractivity contribution in [3.63, 3.8) is 0 Å². The Kier molecular flexibility index (Phi) is 5.76. The quantitative estimate of drug-likeness (QED) is 0.769. The number of rotatable bonds is 5. The molecule has 1 aliphatic rings. The summed E-state index contributed by atoms with van der Waals surface area (Å²) in [6, 6.07) is 14.0. The normalized spacial score (nSPS) is 16.8. The molecule has 28 heavy (non-hydrogen) atoms. The van der Waals surface area contributed by atoms with E-state index in [0.717, 1.165) is 5.56 Å². The van der Waals surface area contributed by atoms with Crippen molar-refractivity contribution in [1.29, 1.82) is 0 Å². The SMILES string of the molecule is CC(=O)N1CC(C)Oc2cc(S(=O)(=O)N(Cc3ccccc3)C(C)C)ccc21. The molecular weight excluding hydrogens is 376 g/mol. The van der Waals surface area contributed by atoms with Crippen LogP contribution in [0.3, 0.4) is 0 Å². The van der Waals surface area contributed by atoms with Crippen molar-refractivity contribution in [2.45, 2.75) is 51.3 Å². The Morgan fingerprint density at radius 2 is 1.89 bits per heavy atom. The monoisotopic (exact) mass is 402 g/mol. The zero-order valence-corrected chi connectivity index (χ0v) is 17.4. The average Bonchev–Trinajstić information content (AvgIpc) is 2.65. The fourth-order valence-electron chi connectivity index (χ4n) is 3.32. The van der Waals surface area contributed by atoms with Crippen molar-refractivity contribution < 1.29 is 17.9 Å². The number of fused-ring (bicyclic) bond motifs is 1. The van der Waals surface area contributed by atoms with Crippen molar-refractivity contribution in [2.75, 3.05) is 11.4 Å². The van der Waals surface area contributed by atoms with E-state index in [9.17, 15) is 13.2 Å². The molecular formula is C21H26N2O4S. The minimum atomic E-state index is -3.74. The van der Waals surface area contributed by atoms with Gasteiger partial charge in [0.25, 0.3) is 0 Å². The lowest BCUT2D eigenvalue weighted by Crippen LogP contribution is -2.41. The minimum Gasteiger partial charge on any atom is -0.487 e. The van der Waals surface area contributed by atoms with Gasteiger partial charge in [-0.3, -0.25) is 4.79 Å². The van der Waals surface area contributed by atoms with Crippen LogP contribution in [0.2, 0.25) is 0 Å². The maximum atomic E-state index is 13.4. The minimum absolute atomic E-state index is 0.0973. The number of benzene rings is 2. The number of nitrogens with zero attached hydrogens (tertiary/aromatic N) is 2. The molecule has 2 aromatic rings. The van der Waals surface area contributed by atoms with Gasteiger partial charge in [0, 0.05) is 25.6 Å². The summed E-state index contributed by atoms with van der Waals surface area (Å²) in [4.78, 5) is 13.7. The lowest BCUT2D eigenvalue weighted by molar-refractivity contribution is -0.117. The molecule has 1 unspecified atom stereocenters. The third kappa shape index (κ3) is 4.05. The number of anilines is 1. The summed E-state index contributed by atoms with van der Waals surface area (Å²) < 4.78 is 34.0. The van der Waals surface area contributed by atoms with Crippen LogP contribution in [0.15, 0.2) is 53.4 Å². The van der Waals surface area contributed by atoms with Gasteiger partial charge in [0.1, 0.15) is 11.9 Å². The van der Waals surface area contributed by atoms with E-state index in [1.807, 2.05) is 51.1 Å². The summed E-state index contributed by atoms with van der Waals surface area (Å²) in [5, 5.41) is 0. The fraction of sp³-hybridized carbons (Fsp3) is 0.381. The molecule has 0 N–H and O–H groups in total. The van der Waals surface area contributed by atoms with E-state index in [0.29, 0.717) is 18.0 Å². The topological polar surface area (TPSA) is 66.9 Å². The van der Waals surface area contributed by atoms with Crippen LogP contribution in [0.25, 0.3) is 0 Å². The first kappa shape index (κ1) is 20.4. The summed E-state index contributed by atoms with van der Waals surface area (Å²) in [6.07, 6.45) is -0.208. The Hall–Kier alpha value is -2.38. The third-order valence-corrected chi connectivity index (χ3v) is 6.75. The first-order chi connectivity index (χ1) is 13.2. The van der Waals surface area contributed by atoms with Crippen LogP contribution >= 0.6 is 0 Å². The number of hydrogen-bond acceptors (Lipinski definition) is 4. The zero-order valence-electron chi connectivity index (χ0n) is 16.6. The number of sulfonamides is 1. The zero-order chi connectivity index (χ0) is 20.5. The molecule has 0 radical (unpaired) electrons. The van der Waals surface area contributed by atoms with Gasteiger partial charge in [0.2, 0.25) is 15.9 Å². The van der Waals surface area contributed by atoms with Crippen LogP contribution in [0.4, 0.5) is 5.69 Å². The van der Waals surface area contributed by atoms with Gasteiger partial charge in [0.15, 0.2) is 0 Å². The van der Waals surface area contributed by atoms with Crippen molar-refractivity contribution >= 4 is 21.6 Å². The van der Waals surface area contributed by atoms with Crippen LogP contribution in [-0.2, 0) is 21.4 Å². The number of amides is 1. The Balaban J connectivity index is 1.99. The van der Waals surface area contributed by atoms with Gasteiger partial charge in [-0.1, -0.05) is 30.3 Å². The van der Waals surface area contributed by atoms with Gasteiger partial charge in [0.05, 0.1) is 17.1 Å². The summed E-state index contributed by atoms with van der Waals surface area (Å²) in [6.45, 7) is 7.79. The maximum Gasteiger partial charge on any atom is 0.243 e. The lowest BCUT2D eigenvalue weighted by Gasteiger charge is -2.33. The molecule has 1 amide bonds. The summed E-state index contributed by atoms with van der Waals surface area (Å²) in [5.74, 6) is 0.318. The van der Waals surface area contributed by atoms with Crippen LogP contribution in [0, 0.1) is 0 Å². The number of carbonyl (C=O) groups is 1. The Bertz CT molecular complexity index is 958. The van der Waals surface area contributed by atoms with Gasteiger partial charge in [-0.05, 0) is 38.5 Å². The van der Waals surface area contributed by atoms with E-state index in [1.165, 1.54) is 17.3 Å². The second kappa shape index (κ2) is 7.93. The molecule has 0 bridgehead atoms. The largest absolute Gasteiger partial charge is 0.487 e. The molecule has 0 saturated carbocycles. The fourth-order valence-corrected chi connectivity index (χ4v) is 4.96. The van der Waals surface area contributed by atoms with E-state index < -0.39 is 10.0 Å². The Morgan fingerprint density at radius 1 is 1.21 bits per heavy atom. The number of carbonyl (C=O) groups excluding carboxylic acids is 1. The first-order valence-electron chi connectivity index (χ1n) is 9.34. The second-order valence-corrected chi connectivity index (χ2v) is 9.21. The highest BCUT2D eigenvalue weighted by Gasteiger charge is 2.31. The van der Waals surface area contributed by atoms with Crippen molar-refractivity contribution in [1.82, 2.24) is 4.31 Å². The van der Waals surface area contributed by atoms with Crippen LogP contribution in [0.5, 0.6) is 5.75 Å². The molecule has 0 aliphatic carbocycles. The molecule has 0 fully saturated rings. The van der Waals surface area contributed by atoms with Crippen molar-refractivity contribution in [2.24, 2.45) is 0 Å². The van der Waals surface area contributed by atoms with Gasteiger partial charge in [-0.25, -0.2) is 8.42 Å². The summed E-state index contributed by atoms with van der Waals surface area (Å²) in [5.41, 5.74) is 1.52. The smallest absolute Gasteiger partial charge is 0.243 e. The summed E-state index contributed by atoms with van der Waals surface area (Å²) >= 11 is 0. The van der Waals surface area contributed by atoms with E-state index >= 15 is 0 Å². The highest BCUT2D eigenvalue weighted by Crippen LogP contribution is 2.36. The predicted octanol–water partition coefficient (Wildman–Crippen LogP) is 3.42. The Morgan fingerprint density at radius 3 is 2.50 bits per heavy atom. The van der Waals surface area contributed by atoms with Gasteiger partial charge in [-0.15, -0.1) is 0 Å². The summed E-state index contributed by atoms with van der Waals surface area (Å²) in [7, 11) is -3.74. The van der Waals surface area contributed by atoms with Gasteiger partial charge in [-0.2, -0.15) is 4.31 Å². The van der Waals surface area contributed by atoms with E-state index in [1.54, 1.807) is 17.0 Å². The molecule has 1 aliphatic heterocycles. The number of hydrogen-bond donors (Lipinski definition) is 0. The molecule has 0 spiro atoms. The van der Waals surface area contributed by atoms with Crippen LogP contribution in [0.1, 0.15) is 33.3 Å². The second-order valence-electron chi connectivity index (χ2n) is 7.32. The number of ether oxygens (including phenoxy) is 1. The predicted molar refractivity (Wildman–Crippen MR) is 109 cm³/mol. The molecule has 1 atom stereocenters. The van der Waals surface area contributed by atoms with E-state index in [-0.39, 0.29) is 29.5 Å². The maximum absolute atomic E-state index is 13.4. The molecule has 6 nitrogen and oxygen atoms in total.